The minimum atomic E-state index is 0.460. The van der Waals surface area contributed by atoms with E-state index < -0.39 is 0 Å². The summed E-state index contributed by atoms with van der Waals surface area (Å²) in [6, 6.07) is 0.460. The van der Waals surface area contributed by atoms with Crippen molar-refractivity contribution in [1.29, 1.82) is 0 Å². The molecule has 0 bridgehead atoms. The van der Waals surface area contributed by atoms with Crippen molar-refractivity contribution in [2.45, 2.75) is 71.3 Å². The summed E-state index contributed by atoms with van der Waals surface area (Å²) in [7, 11) is 0. The Labute approximate surface area is 83.1 Å². The van der Waals surface area contributed by atoms with Crippen LogP contribution in [-0.4, -0.2) is 6.04 Å². The first-order chi connectivity index (χ1) is 6.19. The molecular formula is C12H25N. The van der Waals surface area contributed by atoms with Gasteiger partial charge in [-0.1, -0.05) is 46.0 Å². The van der Waals surface area contributed by atoms with Crippen LogP contribution in [0.5, 0.6) is 0 Å². The summed E-state index contributed by atoms with van der Waals surface area (Å²) in [5, 5.41) is 0. The largest absolute Gasteiger partial charge is 0.327 e. The standard InChI is InChI=1S/C12H25N/c1-3-4-5-8-11(13)12(2)9-6-7-10-12/h11H,3-10,13H2,1-2H3. The van der Waals surface area contributed by atoms with Crippen molar-refractivity contribution in [3.05, 3.63) is 0 Å². The lowest BCUT2D eigenvalue weighted by Crippen LogP contribution is -2.37. The predicted molar refractivity (Wildman–Crippen MR) is 58.7 cm³/mol. The SMILES string of the molecule is CCCCCC(N)C1(C)CCCC1. The summed E-state index contributed by atoms with van der Waals surface area (Å²) >= 11 is 0. The molecular weight excluding hydrogens is 158 g/mol. The zero-order valence-corrected chi connectivity index (χ0v) is 9.31. The molecule has 78 valence electrons. The van der Waals surface area contributed by atoms with Crippen molar-refractivity contribution in [2.75, 3.05) is 0 Å². The number of unbranched alkanes of at least 4 members (excludes halogenated alkanes) is 2. The molecule has 1 aliphatic carbocycles. The van der Waals surface area contributed by atoms with Gasteiger partial charge >= 0.3 is 0 Å². The van der Waals surface area contributed by atoms with Crippen LogP contribution in [0.4, 0.5) is 0 Å². The first kappa shape index (κ1) is 11.0. The Balaban J connectivity index is 2.24. The van der Waals surface area contributed by atoms with Crippen molar-refractivity contribution in [3.8, 4) is 0 Å². The third-order valence-corrected chi connectivity index (χ3v) is 3.76. The van der Waals surface area contributed by atoms with E-state index in [9.17, 15) is 0 Å². The summed E-state index contributed by atoms with van der Waals surface area (Å²) in [4.78, 5) is 0. The van der Waals surface area contributed by atoms with Crippen molar-refractivity contribution in [3.63, 3.8) is 0 Å². The molecule has 2 N–H and O–H groups in total. The lowest BCUT2D eigenvalue weighted by Gasteiger charge is -2.31. The van der Waals surface area contributed by atoms with Gasteiger partial charge in [-0.25, -0.2) is 0 Å². The van der Waals surface area contributed by atoms with Crippen LogP contribution in [0.3, 0.4) is 0 Å². The monoisotopic (exact) mass is 183 g/mol. The smallest absolute Gasteiger partial charge is 0.00929 e. The molecule has 0 aromatic rings. The summed E-state index contributed by atoms with van der Waals surface area (Å²) < 4.78 is 0. The molecule has 0 aromatic heterocycles. The highest BCUT2D eigenvalue weighted by atomic mass is 14.7. The summed E-state index contributed by atoms with van der Waals surface area (Å²) in [5.74, 6) is 0. The Bertz CT molecular complexity index is 136. The lowest BCUT2D eigenvalue weighted by molar-refractivity contribution is 0.246. The van der Waals surface area contributed by atoms with Crippen LogP contribution in [0.1, 0.15) is 65.2 Å². The lowest BCUT2D eigenvalue weighted by atomic mass is 9.79. The van der Waals surface area contributed by atoms with Gasteiger partial charge in [-0.15, -0.1) is 0 Å². The van der Waals surface area contributed by atoms with Crippen LogP contribution in [-0.2, 0) is 0 Å². The molecule has 1 heteroatoms. The Morgan fingerprint density at radius 2 is 1.85 bits per heavy atom. The third-order valence-electron chi connectivity index (χ3n) is 3.76. The molecule has 1 nitrogen and oxygen atoms in total. The second-order valence-electron chi connectivity index (χ2n) is 4.96. The fourth-order valence-corrected chi connectivity index (χ4v) is 2.52. The average molecular weight is 183 g/mol. The molecule has 0 spiro atoms. The normalized spacial score (nSPS) is 23.3. The fraction of sp³-hybridized carbons (Fsp3) is 1.00. The molecule has 1 fully saturated rings. The first-order valence-electron chi connectivity index (χ1n) is 5.94. The van der Waals surface area contributed by atoms with E-state index in [1.807, 2.05) is 0 Å². The molecule has 0 heterocycles. The van der Waals surface area contributed by atoms with E-state index in [4.69, 9.17) is 5.73 Å². The van der Waals surface area contributed by atoms with Crippen LogP contribution < -0.4 is 5.73 Å². The molecule has 0 aliphatic heterocycles. The fourth-order valence-electron chi connectivity index (χ4n) is 2.52. The van der Waals surface area contributed by atoms with E-state index in [-0.39, 0.29) is 0 Å². The van der Waals surface area contributed by atoms with E-state index in [0.717, 1.165) is 0 Å². The molecule has 1 saturated carbocycles. The quantitative estimate of drug-likeness (QED) is 0.649. The van der Waals surface area contributed by atoms with Crippen molar-refractivity contribution in [2.24, 2.45) is 11.1 Å². The molecule has 0 amide bonds. The van der Waals surface area contributed by atoms with Gasteiger partial charge in [-0.05, 0) is 24.7 Å². The molecule has 13 heavy (non-hydrogen) atoms. The van der Waals surface area contributed by atoms with E-state index >= 15 is 0 Å². The Kier molecular flexibility index (Phi) is 4.24. The maximum Gasteiger partial charge on any atom is 0.00929 e. The highest BCUT2D eigenvalue weighted by Gasteiger charge is 2.33. The minimum absolute atomic E-state index is 0.460. The van der Waals surface area contributed by atoms with Crippen LogP contribution in [0.2, 0.25) is 0 Å². The van der Waals surface area contributed by atoms with Gasteiger partial charge in [0.15, 0.2) is 0 Å². The molecule has 1 aliphatic rings. The molecule has 1 rings (SSSR count). The molecule has 0 radical (unpaired) electrons. The summed E-state index contributed by atoms with van der Waals surface area (Å²) in [5.41, 5.74) is 6.73. The highest BCUT2D eigenvalue weighted by molar-refractivity contribution is 4.89. The van der Waals surface area contributed by atoms with E-state index in [0.29, 0.717) is 11.5 Å². The van der Waals surface area contributed by atoms with Crippen LogP contribution in [0, 0.1) is 5.41 Å². The van der Waals surface area contributed by atoms with Crippen LogP contribution in [0.15, 0.2) is 0 Å². The summed E-state index contributed by atoms with van der Waals surface area (Å²) in [6.07, 6.45) is 10.8. The predicted octanol–water partition coefficient (Wildman–Crippen LogP) is 3.47. The van der Waals surface area contributed by atoms with Crippen molar-refractivity contribution < 1.29 is 0 Å². The second-order valence-corrected chi connectivity index (χ2v) is 4.96. The van der Waals surface area contributed by atoms with Crippen molar-refractivity contribution in [1.82, 2.24) is 0 Å². The van der Waals surface area contributed by atoms with E-state index in [1.165, 1.54) is 51.4 Å². The summed E-state index contributed by atoms with van der Waals surface area (Å²) in [6.45, 7) is 4.64. The van der Waals surface area contributed by atoms with Gasteiger partial charge in [0.25, 0.3) is 0 Å². The van der Waals surface area contributed by atoms with Gasteiger partial charge in [0.1, 0.15) is 0 Å². The number of rotatable bonds is 5. The maximum atomic E-state index is 6.25. The zero-order chi connectivity index (χ0) is 9.73. The average Bonchev–Trinajstić information content (AvgIpc) is 2.54. The molecule has 1 unspecified atom stereocenters. The Hall–Kier alpha value is -0.0400. The number of hydrogen-bond donors (Lipinski definition) is 1. The molecule has 1 atom stereocenters. The topological polar surface area (TPSA) is 26.0 Å². The minimum Gasteiger partial charge on any atom is -0.327 e. The van der Waals surface area contributed by atoms with Crippen LogP contribution >= 0.6 is 0 Å². The molecule has 0 aromatic carbocycles. The zero-order valence-electron chi connectivity index (χ0n) is 9.31. The van der Waals surface area contributed by atoms with Gasteiger partial charge < -0.3 is 5.73 Å². The Morgan fingerprint density at radius 3 is 2.38 bits per heavy atom. The van der Waals surface area contributed by atoms with Gasteiger partial charge in [0.05, 0.1) is 0 Å². The van der Waals surface area contributed by atoms with Crippen LogP contribution in [0.25, 0.3) is 0 Å². The van der Waals surface area contributed by atoms with Gasteiger partial charge in [-0.3, -0.25) is 0 Å². The van der Waals surface area contributed by atoms with Crippen molar-refractivity contribution >= 4 is 0 Å². The number of hydrogen-bond acceptors (Lipinski definition) is 1. The number of nitrogens with two attached hydrogens (primary N) is 1. The second kappa shape index (κ2) is 4.99. The maximum absolute atomic E-state index is 6.25. The highest BCUT2D eigenvalue weighted by Crippen LogP contribution is 2.41. The van der Waals surface area contributed by atoms with Gasteiger partial charge in [0.2, 0.25) is 0 Å². The molecule has 0 saturated heterocycles. The van der Waals surface area contributed by atoms with Gasteiger partial charge in [-0.2, -0.15) is 0 Å². The van der Waals surface area contributed by atoms with E-state index in [1.54, 1.807) is 0 Å². The van der Waals surface area contributed by atoms with E-state index in [2.05, 4.69) is 13.8 Å². The Morgan fingerprint density at radius 1 is 1.23 bits per heavy atom. The third kappa shape index (κ3) is 2.98. The van der Waals surface area contributed by atoms with Gasteiger partial charge in [0, 0.05) is 6.04 Å². The first-order valence-corrected chi connectivity index (χ1v) is 5.94.